The summed E-state index contributed by atoms with van der Waals surface area (Å²) in [5.74, 6) is 0.615. The Kier molecular flexibility index (Phi) is 3.85. The van der Waals surface area contributed by atoms with Crippen molar-refractivity contribution in [1.82, 2.24) is 5.32 Å². The van der Waals surface area contributed by atoms with E-state index >= 15 is 0 Å². The summed E-state index contributed by atoms with van der Waals surface area (Å²) in [6.45, 7) is 7.30. The average molecular weight is 232 g/mol. The summed E-state index contributed by atoms with van der Waals surface area (Å²) in [5, 5.41) is 3.52. The van der Waals surface area contributed by atoms with Crippen LogP contribution in [0.15, 0.2) is 24.3 Å². The van der Waals surface area contributed by atoms with E-state index in [1.807, 2.05) is 0 Å². The van der Waals surface area contributed by atoms with Gasteiger partial charge >= 0.3 is 0 Å². The van der Waals surface area contributed by atoms with Crippen molar-refractivity contribution in [3.8, 4) is 0 Å². The lowest BCUT2D eigenvalue weighted by Crippen LogP contribution is -2.29. The maximum Gasteiger partial charge on any atom is 0.0205 e. The van der Waals surface area contributed by atoms with Crippen molar-refractivity contribution >= 4 is 0 Å². The molecule has 0 radical (unpaired) electrons. The Labute approximate surface area is 105 Å². The van der Waals surface area contributed by atoms with E-state index in [1.54, 1.807) is 0 Å². The Morgan fingerprint density at radius 3 is 2.35 bits per heavy atom. The fraction of sp³-hybridized carbons (Fsp3) is 0.600. The van der Waals surface area contributed by atoms with Crippen LogP contribution >= 0.6 is 0 Å². The van der Waals surface area contributed by atoms with Gasteiger partial charge in [0.25, 0.3) is 0 Å². The molecule has 2 nitrogen and oxygen atoms in total. The van der Waals surface area contributed by atoms with Gasteiger partial charge in [-0.05, 0) is 41.8 Å². The highest BCUT2D eigenvalue weighted by Gasteiger charge is 2.40. The molecule has 0 aliphatic heterocycles. The molecule has 1 aliphatic rings. The van der Waals surface area contributed by atoms with Crippen LogP contribution in [0.2, 0.25) is 0 Å². The van der Waals surface area contributed by atoms with Crippen molar-refractivity contribution in [2.45, 2.75) is 39.2 Å². The highest BCUT2D eigenvalue weighted by Crippen LogP contribution is 2.43. The van der Waals surface area contributed by atoms with Gasteiger partial charge in [0.1, 0.15) is 0 Å². The van der Waals surface area contributed by atoms with Gasteiger partial charge in [-0.1, -0.05) is 38.1 Å². The molecule has 17 heavy (non-hydrogen) atoms. The molecule has 0 spiro atoms. The van der Waals surface area contributed by atoms with Gasteiger partial charge in [0.2, 0.25) is 0 Å². The smallest absolute Gasteiger partial charge is 0.0205 e. The van der Waals surface area contributed by atoms with E-state index in [2.05, 4.69) is 43.4 Å². The minimum atomic E-state index is 0.428. The van der Waals surface area contributed by atoms with Crippen LogP contribution in [-0.2, 0) is 6.54 Å². The molecule has 1 aromatic rings. The van der Waals surface area contributed by atoms with Crippen LogP contribution in [0.1, 0.15) is 43.7 Å². The normalized spacial score (nSPS) is 17.4. The van der Waals surface area contributed by atoms with Gasteiger partial charge in [-0.2, -0.15) is 0 Å². The molecule has 1 fully saturated rings. The van der Waals surface area contributed by atoms with Crippen LogP contribution in [0, 0.1) is 5.41 Å². The van der Waals surface area contributed by atoms with Crippen LogP contribution in [-0.4, -0.2) is 13.1 Å². The fourth-order valence-corrected chi connectivity index (χ4v) is 2.12. The van der Waals surface area contributed by atoms with Crippen molar-refractivity contribution in [2.24, 2.45) is 11.1 Å². The van der Waals surface area contributed by atoms with Crippen molar-refractivity contribution in [2.75, 3.05) is 13.1 Å². The van der Waals surface area contributed by atoms with Gasteiger partial charge in [-0.3, -0.25) is 0 Å². The molecule has 0 saturated heterocycles. The van der Waals surface area contributed by atoms with Crippen LogP contribution < -0.4 is 11.1 Å². The lowest BCUT2D eigenvalue weighted by molar-refractivity contribution is 0.468. The molecule has 0 heterocycles. The molecule has 0 bridgehead atoms. The molecular weight excluding hydrogens is 208 g/mol. The third-order valence-corrected chi connectivity index (χ3v) is 3.87. The lowest BCUT2D eigenvalue weighted by Gasteiger charge is -2.13. The zero-order valence-electron chi connectivity index (χ0n) is 11.0. The maximum atomic E-state index is 5.76. The number of nitrogens with one attached hydrogen (secondary N) is 1. The van der Waals surface area contributed by atoms with Gasteiger partial charge in [0.05, 0.1) is 0 Å². The highest BCUT2D eigenvalue weighted by molar-refractivity contribution is 5.24. The van der Waals surface area contributed by atoms with Crippen LogP contribution in [0.5, 0.6) is 0 Å². The topological polar surface area (TPSA) is 38.0 Å². The molecule has 3 N–H and O–H groups in total. The van der Waals surface area contributed by atoms with E-state index in [1.165, 1.54) is 24.0 Å². The summed E-state index contributed by atoms with van der Waals surface area (Å²) >= 11 is 0. The first kappa shape index (κ1) is 12.6. The predicted octanol–water partition coefficient (Wildman–Crippen LogP) is 2.64. The van der Waals surface area contributed by atoms with E-state index in [9.17, 15) is 0 Å². The quantitative estimate of drug-likeness (QED) is 0.791. The Morgan fingerprint density at radius 1 is 1.24 bits per heavy atom. The largest absolute Gasteiger partial charge is 0.330 e. The molecule has 1 aliphatic carbocycles. The zero-order valence-corrected chi connectivity index (χ0v) is 11.0. The molecule has 0 amide bonds. The lowest BCUT2D eigenvalue weighted by atomic mass is 10.0. The summed E-state index contributed by atoms with van der Waals surface area (Å²) in [4.78, 5) is 0. The first-order chi connectivity index (χ1) is 8.15. The summed E-state index contributed by atoms with van der Waals surface area (Å²) in [5.41, 5.74) is 8.96. The molecular formula is C15H24N2. The molecule has 0 unspecified atom stereocenters. The highest BCUT2D eigenvalue weighted by atomic mass is 14.9. The monoisotopic (exact) mass is 232 g/mol. The van der Waals surface area contributed by atoms with E-state index in [4.69, 9.17) is 5.73 Å². The van der Waals surface area contributed by atoms with E-state index in [-0.39, 0.29) is 0 Å². The summed E-state index contributed by atoms with van der Waals surface area (Å²) in [6, 6.07) is 8.92. The molecule has 1 aromatic carbocycles. The van der Waals surface area contributed by atoms with Gasteiger partial charge in [0.15, 0.2) is 0 Å². The van der Waals surface area contributed by atoms with Gasteiger partial charge in [-0.15, -0.1) is 0 Å². The average Bonchev–Trinajstić information content (AvgIpc) is 3.10. The molecule has 1 saturated carbocycles. The molecule has 0 aromatic heterocycles. The minimum absolute atomic E-state index is 0.428. The van der Waals surface area contributed by atoms with Crippen molar-refractivity contribution in [3.63, 3.8) is 0 Å². The molecule has 94 valence electrons. The zero-order chi connectivity index (χ0) is 12.3. The number of hydrogen-bond donors (Lipinski definition) is 2. The SMILES string of the molecule is CC(C)c1ccc(CNCC2(CN)CC2)cc1. The summed E-state index contributed by atoms with van der Waals surface area (Å²) < 4.78 is 0. The van der Waals surface area contributed by atoms with Crippen LogP contribution in [0.25, 0.3) is 0 Å². The maximum absolute atomic E-state index is 5.76. The number of rotatable bonds is 6. The Balaban J connectivity index is 1.79. The van der Waals surface area contributed by atoms with Crippen molar-refractivity contribution in [1.29, 1.82) is 0 Å². The molecule has 0 atom stereocenters. The second-order valence-electron chi connectivity index (χ2n) is 5.70. The second kappa shape index (κ2) is 5.19. The number of benzene rings is 1. The Morgan fingerprint density at radius 2 is 1.88 bits per heavy atom. The number of hydrogen-bond acceptors (Lipinski definition) is 2. The first-order valence-corrected chi connectivity index (χ1v) is 6.65. The predicted molar refractivity (Wildman–Crippen MR) is 73.0 cm³/mol. The van der Waals surface area contributed by atoms with Crippen LogP contribution in [0.4, 0.5) is 0 Å². The van der Waals surface area contributed by atoms with Gasteiger partial charge < -0.3 is 11.1 Å². The molecule has 2 heteroatoms. The molecule has 2 rings (SSSR count). The third-order valence-electron chi connectivity index (χ3n) is 3.87. The van der Waals surface area contributed by atoms with Crippen molar-refractivity contribution in [3.05, 3.63) is 35.4 Å². The van der Waals surface area contributed by atoms with Crippen LogP contribution in [0.3, 0.4) is 0 Å². The Bertz CT molecular complexity index is 350. The first-order valence-electron chi connectivity index (χ1n) is 6.65. The Hall–Kier alpha value is -0.860. The van der Waals surface area contributed by atoms with Crippen molar-refractivity contribution < 1.29 is 0 Å². The number of nitrogens with two attached hydrogens (primary N) is 1. The minimum Gasteiger partial charge on any atom is -0.330 e. The van der Waals surface area contributed by atoms with Gasteiger partial charge in [-0.25, -0.2) is 0 Å². The van der Waals surface area contributed by atoms with E-state index in [0.29, 0.717) is 11.3 Å². The second-order valence-corrected chi connectivity index (χ2v) is 5.70. The summed E-state index contributed by atoms with van der Waals surface area (Å²) in [7, 11) is 0. The van der Waals surface area contributed by atoms with Gasteiger partial charge in [0, 0.05) is 13.1 Å². The standard InChI is InChI=1S/C15H24N2/c1-12(2)14-5-3-13(4-6-14)9-17-11-15(10-16)7-8-15/h3-6,12,17H,7-11,16H2,1-2H3. The third kappa shape index (κ3) is 3.30. The fourth-order valence-electron chi connectivity index (χ4n) is 2.12. The van der Waals surface area contributed by atoms with E-state index in [0.717, 1.165) is 19.6 Å². The summed E-state index contributed by atoms with van der Waals surface area (Å²) in [6.07, 6.45) is 2.59. The van der Waals surface area contributed by atoms with E-state index < -0.39 is 0 Å².